The molecule has 0 spiro atoms. The first-order chi connectivity index (χ1) is 15.2. The number of benzene rings is 1. The third-order valence-electron chi connectivity index (χ3n) is 5.56. The molecule has 0 atom stereocenters. The number of hydrogen-bond donors (Lipinski definition) is 1. The minimum atomic E-state index is -0.230. The highest BCUT2D eigenvalue weighted by atomic mass is 16.5. The van der Waals surface area contributed by atoms with E-state index in [1.54, 1.807) is 17.1 Å². The van der Waals surface area contributed by atoms with Crippen LogP contribution in [-0.4, -0.2) is 46.0 Å². The molecule has 1 N–H and O–H groups in total. The Balaban J connectivity index is 1.46. The Morgan fingerprint density at radius 1 is 1.00 bits per heavy atom. The van der Waals surface area contributed by atoms with Crippen LogP contribution in [0, 0.1) is 0 Å². The molecule has 0 aliphatic heterocycles. The number of pyridine rings is 1. The summed E-state index contributed by atoms with van der Waals surface area (Å²) in [7, 11) is 1.83. The number of hydrogen-bond acceptors (Lipinski definition) is 7. The first-order valence-electron chi connectivity index (χ1n) is 10.4. The Bertz CT molecular complexity index is 1150. The molecule has 0 saturated heterocycles. The van der Waals surface area contributed by atoms with Gasteiger partial charge >= 0.3 is 0 Å². The number of aliphatic hydroxyl groups excluding tert-OH is 1. The van der Waals surface area contributed by atoms with Crippen molar-refractivity contribution in [1.82, 2.24) is 34.7 Å². The van der Waals surface area contributed by atoms with Crippen molar-refractivity contribution in [2.24, 2.45) is 7.05 Å². The van der Waals surface area contributed by atoms with Crippen LogP contribution in [0.1, 0.15) is 37.4 Å². The van der Waals surface area contributed by atoms with Gasteiger partial charge in [-0.15, -0.1) is 10.2 Å². The summed E-state index contributed by atoms with van der Waals surface area (Å²) in [6, 6.07) is 13.3. The number of aromatic nitrogens is 7. The number of para-hydroxylation sites is 1. The summed E-state index contributed by atoms with van der Waals surface area (Å²) >= 11 is 0. The standard InChI is InChI=1S/C22H23N7O2/c1-28-20(14-24-27-28)29-22(15-7-10-17(30)11-8-15)25-21(26-29)16-9-12-19(23-13-16)31-18-5-3-2-4-6-18/h2-6,9,12-15,17,30H,7-8,10-11H2,1H3. The third-order valence-corrected chi connectivity index (χ3v) is 5.56. The fourth-order valence-electron chi connectivity index (χ4n) is 3.87. The molecule has 1 fully saturated rings. The summed E-state index contributed by atoms with van der Waals surface area (Å²) in [5.74, 6) is 3.64. The molecular weight excluding hydrogens is 394 g/mol. The van der Waals surface area contributed by atoms with Gasteiger partial charge in [0.05, 0.1) is 12.3 Å². The van der Waals surface area contributed by atoms with Crippen molar-refractivity contribution >= 4 is 0 Å². The summed E-state index contributed by atoms with van der Waals surface area (Å²) < 4.78 is 9.26. The molecule has 31 heavy (non-hydrogen) atoms. The minimum absolute atomic E-state index is 0.216. The first kappa shape index (κ1) is 19.4. The van der Waals surface area contributed by atoms with E-state index < -0.39 is 0 Å². The summed E-state index contributed by atoms with van der Waals surface area (Å²) in [5, 5.41) is 22.7. The zero-order valence-corrected chi connectivity index (χ0v) is 17.2. The van der Waals surface area contributed by atoms with Gasteiger partial charge in [0.1, 0.15) is 11.6 Å². The molecule has 1 aliphatic carbocycles. The molecule has 0 bridgehead atoms. The van der Waals surface area contributed by atoms with Gasteiger partial charge in [-0.3, -0.25) is 0 Å². The number of ether oxygens (including phenoxy) is 1. The molecule has 3 aromatic heterocycles. The van der Waals surface area contributed by atoms with E-state index in [0.717, 1.165) is 48.6 Å². The number of aliphatic hydroxyl groups is 1. The monoisotopic (exact) mass is 417 g/mol. The smallest absolute Gasteiger partial charge is 0.219 e. The van der Waals surface area contributed by atoms with E-state index in [0.29, 0.717) is 11.7 Å². The van der Waals surface area contributed by atoms with Crippen molar-refractivity contribution in [3.05, 3.63) is 60.7 Å². The zero-order valence-electron chi connectivity index (χ0n) is 17.2. The normalized spacial score (nSPS) is 18.8. The van der Waals surface area contributed by atoms with Gasteiger partial charge in [0.2, 0.25) is 5.88 Å². The van der Waals surface area contributed by atoms with E-state index in [2.05, 4.69) is 15.3 Å². The third kappa shape index (κ3) is 4.04. The van der Waals surface area contributed by atoms with Gasteiger partial charge in [0, 0.05) is 30.8 Å². The van der Waals surface area contributed by atoms with Gasteiger partial charge in [-0.05, 0) is 43.9 Å². The Morgan fingerprint density at radius 3 is 2.48 bits per heavy atom. The average Bonchev–Trinajstić information content (AvgIpc) is 3.42. The fraction of sp³-hybridized carbons (Fsp3) is 0.318. The molecular formula is C22H23N7O2. The van der Waals surface area contributed by atoms with Crippen LogP contribution in [0.3, 0.4) is 0 Å². The van der Waals surface area contributed by atoms with Gasteiger partial charge in [-0.1, -0.05) is 23.4 Å². The molecule has 9 heteroatoms. The lowest BCUT2D eigenvalue weighted by atomic mass is 9.87. The number of aryl methyl sites for hydroxylation is 1. The van der Waals surface area contributed by atoms with Crippen LogP contribution >= 0.6 is 0 Å². The predicted octanol–water partition coefficient (Wildman–Crippen LogP) is 3.27. The first-order valence-corrected chi connectivity index (χ1v) is 10.4. The van der Waals surface area contributed by atoms with Crippen LogP contribution in [0.2, 0.25) is 0 Å². The highest BCUT2D eigenvalue weighted by Gasteiger charge is 2.27. The van der Waals surface area contributed by atoms with Crippen LogP contribution in [0.5, 0.6) is 11.6 Å². The quantitative estimate of drug-likeness (QED) is 0.531. The van der Waals surface area contributed by atoms with Crippen molar-refractivity contribution in [2.75, 3.05) is 0 Å². The Morgan fingerprint density at radius 2 is 1.81 bits per heavy atom. The van der Waals surface area contributed by atoms with E-state index in [4.69, 9.17) is 14.8 Å². The molecule has 4 aromatic rings. The highest BCUT2D eigenvalue weighted by molar-refractivity contribution is 5.54. The van der Waals surface area contributed by atoms with E-state index in [1.165, 1.54) is 0 Å². The minimum Gasteiger partial charge on any atom is -0.439 e. The number of rotatable bonds is 5. The molecule has 1 aromatic carbocycles. The highest BCUT2D eigenvalue weighted by Crippen LogP contribution is 2.34. The summed E-state index contributed by atoms with van der Waals surface area (Å²) in [6.45, 7) is 0. The maximum atomic E-state index is 9.90. The molecule has 5 rings (SSSR count). The van der Waals surface area contributed by atoms with Crippen molar-refractivity contribution < 1.29 is 9.84 Å². The topological polar surface area (TPSA) is 104 Å². The van der Waals surface area contributed by atoms with E-state index in [9.17, 15) is 5.11 Å². The summed E-state index contributed by atoms with van der Waals surface area (Å²) in [6.07, 6.45) is 6.43. The SMILES string of the molecule is Cn1nncc1-n1nc(-c2ccc(Oc3ccccc3)nc2)nc1C1CCC(O)CC1. The lowest BCUT2D eigenvalue weighted by Gasteiger charge is -2.24. The van der Waals surface area contributed by atoms with Crippen molar-refractivity contribution in [1.29, 1.82) is 0 Å². The molecule has 9 nitrogen and oxygen atoms in total. The average molecular weight is 417 g/mol. The van der Waals surface area contributed by atoms with Crippen molar-refractivity contribution in [3.8, 4) is 28.8 Å². The predicted molar refractivity (Wildman–Crippen MR) is 113 cm³/mol. The second kappa shape index (κ2) is 8.27. The molecule has 0 unspecified atom stereocenters. The maximum Gasteiger partial charge on any atom is 0.219 e. The molecule has 0 radical (unpaired) electrons. The van der Waals surface area contributed by atoms with Crippen LogP contribution in [-0.2, 0) is 7.05 Å². The van der Waals surface area contributed by atoms with Gasteiger partial charge in [0.15, 0.2) is 11.6 Å². The van der Waals surface area contributed by atoms with Gasteiger partial charge in [0.25, 0.3) is 0 Å². The van der Waals surface area contributed by atoms with E-state index in [-0.39, 0.29) is 12.0 Å². The molecule has 158 valence electrons. The molecule has 3 heterocycles. The van der Waals surface area contributed by atoms with Gasteiger partial charge in [-0.2, -0.15) is 4.68 Å². The summed E-state index contributed by atoms with van der Waals surface area (Å²) in [5.41, 5.74) is 0.798. The van der Waals surface area contributed by atoms with Gasteiger partial charge < -0.3 is 9.84 Å². The Hall–Kier alpha value is -3.59. The van der Waals surface area contributed by atoms with Crippen LogP contribution in [0.4, 0.5) is 0 Å². The van der Waals surface area contributed by atoms with Gasteiger partial charge in [-0.25, -0.2) is 14.6 Å². The molecule has 1 aliphatic rings. The molecule has 1 saturated carbocycles. The lowest BCUT2D eigenvalue weighted by molar-refractivity contribution is 0.121. The molecule has 0 amide bonds. The number of nitrogens with zero attached hydrogens (tertiary/aromatic N) is 7. The zero-order chi connectivity index (χ0) is 21.2. The van der Waals surface area contributed by atoms with Crippen LogP contribution < -0.4 is 4.74 Å². The van der Waals surface area contributed by atoms with Crippen LogP contribution in [0.25, 0.3) is 17.2 Å². The summed E-state index contributed by atoms with van der Waals surface area (Å²) in [4.78, 5) is 9.28. The Kier molecular flexibility index (Phi) is 5.17. The maximum absolute atomic E-state index is 9.90. The van der Waals surface area contributed by atoms with Crippen molar-refractivity contribution in [3.63, 3.8) is 0 Å². The van der Waals surface area contributed by atoms with Crippen molar-refractivity contribution in [2.45, 2.75) is 37.7 Å². The van der Waals surface area contributed by atoms with E-state index >= 15 is 0 Å². The van der Waals surface area contributed by atoms with E-state index in [1.807, 2.05) is 54.2 Å². The second-order valence-electron chi connectivity index (χ2n) is 7.73. The van der Waals surface area contributed by atoms with Crippen LogP contribution in [0.15, 0.2) is 54.9 Å². The largest absolute Gasteiger partial charge is 0.439 e. The second-order valence-corrected chi connectivity index (χ2v) is 7.73. The lowest BCUT2D eigenvalue weighted by Crippen LogP contribution is -2.20. The fourth-order valence-corrected chi connectivity index (χ4v) is 3.87. The Labute approximate surface area is 179 Å².